The second-order valence-electron chi connectivity index (χ2n) is 3.96. The summed E-state index contributed by atoms with van der Waals surface area (Å²) in [5.74, 6) is -3.10. The standard InChI is InChI=1S/C6H13NO2.C5H9NO4/c1-2-3-4-5(7)6(8)9;6-3(5(9)10)1-2-4(7)8/h5H,2-4,7H2,1H3,(H,8,9);3H,1-2,6H2,(H,7,8)(H,9,10)/t5-;3-/m00/s1. The van der Waals surface area contributed by atoms with Gasteiger partial charge in [-0.25, -0.2) is 0 Å². The van der Waals surface area contributed by atoms with Gasteiger partial charge in [-0.15, -0.1) is 0 Å². The lowest BCUT2D eigenvalue weighted by Gasteiger charge is -2.02. The molecule has 0 aromatic rings. The summed E-state index contributed by atoms with van der Waals surface area (Å²) in [6.45, 7) is 2.01. The zero-order valence-corrected chi connectivity index (χ0v) is 10.9. The first-order chi connectivity index (χ1) is 8.72. The predicted molar refractivity (Wildman–Crippen MR) is 67.6 cm³/mol. The van der Waals surface area contributed by atoms with Crippen LogP contribution in [0.5, 0.6) is 0 Å². The quantitative estimate of drug-likeness (QED) is 0.409. The maximum atomic E-state index is 10.1. The Kier molecular flexibility index (Phi) is 11.8. The average Bonchev–Trinajstić information content (AvgIpc) is 2.33. The molecule has 0 aliphatic carbocycles. The number of hydrogen-bond donors (Lipinski definition) is 5. The molecule has 7 N–H and O–H groups in total. The Morgan fingerprint density at radius 3 is 1.68 bits per heavy atom. The molecule has 0 aromatic heterocycles. The van der Waals surface area contributed by atoms with E-state index in [1.807, 2.05) is 6.92 Å². The Morgan fingerprint density at radius 1 is 0.947 bits per heavy atom. The summed E-state index contributed by atoms with van der Waals surface area (Å²) in [6.07, 6.45) is 2.26. The van der Waals surface area contributed by atoms with Crippen LogP contribution in [-0.2, 0) is 14.4 Å². The number of carbonyl (C=O) groups is 3. The molecular weight excluding hydrogens is 256 g/mol. The number of rotatable bonds is 8. The SMILES string of the molecule is CCCC[C@H](N)C(=O)O.N[C@@H](CCC(=O)O)C(=O)O. The molecule has 0 aromatic carbocycles. The molecule has 0 unspecified atom stereocenters. The van der Waals surface area contributed by atoms with Crippen LogP contribution in [-0.4, -0.2) is 45.3 Å². The minimum atomic E-state index is -1.17. The van der Waals surface area contributed by atoms with Crippen molar-refractivity contribution < 1.29 is 29.7 Å². The zero-order chi connectivity index (χ0) is 15.4. The Balaban J connectivity index is 0. The second-order valence-corrected chi connectivity index (χ2v) is 3.96. The Morgan fingerprint density at radius 2 is 1.37 bits per heavy atom. The molecule has 0 spiro atoms. The van der Waals surface area contributed by atoms with E-state index in [9.17, 15) is 14.4 Å². The molecule has 0 rings (SSSR count). The molecule has 0 saturated heterocycles. The summed E-state index contributed by atoms with van der Waals surface area (Å²) >= 11 is 0. The van der Waals surface area contributed by atoms with Crippen LogP contribution < -0.4 is 11.5 Å². The lowest BCUT2D eigenvalue weighted by Crippen LogP contribution is -2.30. The summed E-state index contributed by atoms with van der Waals surface area (Å²) in [7, 11) is 0. The second kappa shape index (κ2) is 11.4. The van der Waals surface area contributed by atoms with E-state index in [2.05, 4.69) is 0 Å². The van der Waals surface area contributed by atoms with Crippen molar-refractivity contribution in [1.29, 1.82) is 0 Å². The van der Waals surface area contributed by atoms with Crippen molar-refractivity contribution in [2.24, 2.45) is 11.5 Å². The fourth-order valence-corrected chi connectivity index (χ4v) is 0.950. The van der Waals surface area contributed by atoms with Gasteiger partial charge in [0.1, 0.15) is 12.1 Å². The van der Waals surface area contributed by atoms with E-state index in [1.54, 1.807) is 0 Å². The first-order valence-corrected chi connectivity index (χ1v) is 5.90. The fourth-order valence-electron chi connectivity index (χ4n) is 0.950. The van der Waals surface area contributed by atoms with Crippen molar-refractivity contribution in [1.82, 2.24) is 0 Å². The van der Waals surface area contributed by atoms with E-state index < -0.39 is 30.0 Å². The van der Waals surface area contributed by atoms with Gasteiger partial charge < -0.3 is 26.8 Å². The van der Waals surface area contributed by atoms with Gasteiger partial charge in [-0.05, 0) is 12.8 Å². The smallest absolute Gasteiger partial charge is 0.320 e. The lowest BCUT2D eigenvalue weighted by atomic mass is 10.1. The van der Waals surface area contributed by atoms with Crippen LogP contribution in [0.15, 0.2) is 0 Å². The van der Waals surface area contributed by atoms with E-state index in [1.165, 1.54) is 0 Å². The molecule has 112 valence electrons. The third-order valence-electron chi connectivity index (χ3n) is 2.17. The molecule has 8 heteroatoms. The zero-order valence-electron chi connectivity index (χ0n) is 10.9. The van der Waals surface area contributed by atoms with Crippen LogP contribution in [0.1, 0.15) is 39.0 Å². The maximum absolute atomic E-state index is 10.1. The van der Waals surface area contributed by atoms with Crippen molar-refractivity contribution in [3.8, 4) is 0 Å². The molecule has 0 aliphatic heterocycles. The van der Waals surface area contributed by atoms with Gasteiger partial charge in [-0.1, -0.05) is 19.8 Å². The monoisotopic (exact) mass is 278 g/mol. The van der Waals surface area contributed by atoms with Crippen molar-refractivity contribution >= 4 is 17.9 Å². The fraction of sp³-hybridized carbons (Fsp3) is 0.727. The van der Waals surface area contributed by atoms with Gasteiger partial charge in [0, 0.05) is 6.42 Å². The number of aliphatic carboxylic acids is 3. The molecule has 0 bridgehead atoms. The van der Waals surface area contributed by atoms with E-state index >= 15 is 0 Å². The van der Waals surface area contributed by atoms with Crippen LogP contribution in [0.3, 0.4) is 0 Å². The van der Waals surface area contributed by atoms with Gasteiger partial charge in [-0.2, -0.15) is 0 Å². The Hall–Kier alpha value is -1.67. The van der Waals surface area contributed by atoms with Crippen LogP contribution in [0, 0.1) is 0 Å². The lowest BCUT2D eigenvalue weighted by molar-refractivity contribution is -0.140. The normalized spacial score (nSPS) is 12.8. The topological polar surface area (TPSA) is 164 Å². The summed E-state index contributed by atoms with van der Waals surface area (Å²) in [5, 5.41) is 24.6. The first-order valence-electron chi connectivity index (χ1n) is 5.90. The molecule has 0 fully saturated rings. The number of nitrogens with two attached hydrogens (primary N) is 2. The van der Waals surface area contributed by atoms with Crippen molar-refractivity contribution in [2.45, 2.75) is 51.1 Å². The predicted octanol–water partition coefficient (Wildman–Crippen LogP) is -0.148. The third kappa shape index (κ3) is 14.3. The third-order valence-corrected chi connectivity index (χ3v) is 2.17. The van der Waals surface area contributed by atoms with E-state index in [-0.39, 0.29) is 12.8 Å². The number of hydrogen-bond acceptors (Lipinski definition) is 5. The molecule has 0 amide bonds. The largest absolute Gasteiger partial charge is 0.481 e. The van der Waals surface area contributed by atoms with Gasteiger partial charge in [0.2, 0.25) is 0 Å². The Labute approximate surface area is 111 Å². The highest BCUT2D eigenvalue weighted by Crippen LogP contribution is 1.97. The minimum absolute atomic E-state index is 0.0231. The molecule has 0 saturated carbocycles. The van der Waals surface area contributed by atoms with Gasteiger partial charge in [-0.3, -0.25) is 14.4 Å². The van der Waals surface area contributed by atoms with Crippen LogP contribution in [0.25, 0.3) is 0 Å². The van der Waals surface area contributed by atoms with Gasteiger partial charge in [0.25, 0.3) is 0 Å². The molecule has 19 heavy (non-hydrogen) atoms. The van der Waals surface area contributed by atoms with Gasteiger partial charge in [0.05, 0.1) is 0 Å². The summed E-state index contributed by atoms with van der Waals surface area (Å²) in [4.78, 5) is 30.0. The molecular formula is C11H22N2O6. The van der Waals surface area contributed by atoms with E-state index in [0.717, 1.165) is 12.8 Å². The molecule has 0 radical (unpaired) electrons. The van der Waals surface area contributed by atoms with Gasteiger partial charge in [0.15, 0.2) is 0 Å². The summed E-state index contributed by atoms with van der Waals surface area (Å²) < 4.78 is 0. The Bertz CT molecular complexity index is 295. The van der Waals surface area contributed by atoms with Crippen LogP contribution in [0.2, 0.25) is 0 Å². The summed E-state index contributed by atoms with van der Waals surface area (Å²) in [6, 6.07) is -1.72. The highest BCUT2D eigenvalue weighted by atomic mass is 16.4. The van der Waals surface area contributed by atoms with Crippen LogP contribution in [0.4, 0.5) is 0 Å². The van der Waals surface area contributed by atoms with Crippen molar-refractivity contribution in [2.75, 3.05) is 0 Å². The highest BCUT2D eigenvalue weighted by Gasteiger charge is 2.12. The van der Waals surface area contributed by atoms with E-state index in [4.69, 9.17) is 26.8 Å². The van der Waals surface area contributed by atoms with Crippen LogP contribution >= 0.6 is 0 Å². The summed E-state index contributed by atoms with van der Waals surface area (Å²) in [5.41, 5.74) is 10.2. The van der Waals surface area contributed by atoms with Crippen molar-refractivity contribution in [3.05, 3.63) is 0 Å². The first kappa shape index (κ1) is 19.7. The molecule has 2 atom stereocenters. The van der Waals surface area contributed by atoms with Crippen molar-refractivity contribution in [3.63, 3.8) is 0 Å². The highest BCUT2D eigenvalue weighted by molar-refractivity contribution is 5.74. The molecule has 0 heterocycles. The number of unbranched alkanes of at least 4 members (excludes halogenated alkanes) is 1. The molecule has 8 nitrogen and oxygen atoms in total. The van der Waals surface area contributed by atoms with Gasteiger partial charge >= 0.3 is 17.9 Å². The average molecular weight is 278 g/mol. The maximum Gasteiger partial charge on any atom is 0.320 e. The number of carboxylic acids is 3. The number of carboxylic acid groups (broad SMARTS) is 3. The minimum Gasteiger partial charge on any atom is -0.481 e. The molecule has 0 aliphatic rings. The van der Waals surface area contributed by atoms with E-state index in [0.29, 0.717) is 6.42 Å².